The maximum Gasteiger partial charge on any atom is 0.256 e. The molecular weight excluding hydrogens is 283 g/mol. The van der Waals surface area contributed by atoms with Crippen LogP contribution in [0.15, 0.2) is 48.5 Å². The van der Waals surface area contributed by atoms with Crippen molar-refractivity contribution in [1.29, 1.82) is 0 Å². The molecular formula is C17H15FN2O2. The Morgan fingerprint density at radius 3 is 2.45 bits per heavy atom. The van der Waals surface area contributed by atoms with Crippen molar-refractivity contribution in [3.63, 3.8) is 0 Å². The fourth-order valence-corrected chi connectivity index (χ4v) is 2.53. The van der Waals surface area contributed by atoms with Gasteiger partial charge >= 0.3 is 0 Å². The molecule has 1 saturated heterocycles. The van der Waals surface area contributed by atoms with E-state index in [9.17, 15) is 14.0 Å². The summed E-state index contributed by atoms with van der Waals surface area (Å²) in [4.78, 5) is 25.7. The minimum atomic E-state index is -0.598. The smallest absolute Gasteiger partial charge is 0.256 e. The van der Waals surface area contributed by atoms with Crippen molar-refractivity contribution >= 4 is 23.2 Å². The van der Waals surface area contributed by atoms with Gasteiger partial charge in [-0.1, -0.05) is 18.2 Å². The van der Waals surface area contributed by atoms with Crippen LogP contribution in [0.3, 0.4) is 0 Å². The summed E-state index contributed by atoms with van der Waals surface area (Å²) in [5.74, 6) is -1.01. The van der Waals surface area contributed by atoms with Crippen LogP contribution < -0.4 is 10.2 Å². The summed E-state index contributed by atoms with van der Waals surface area (Å²) in [6, 6.07) is 12.3. The van der Waals surface area contributed by atoms with Crippen molar-refractivity contribution in [3.8, 4) is 0 Å². The van der Waals surface area contributed by atoms with Crippen molar-refractivity contribution < 1.29 is 14.0 Å². The third-order valence-corrected chi connectivity index (χ3v) is 3.71. The Balaban J connectivity index is 1.82. The molecule has 1 heterocycles. The second-order valence-corrected chi connectivity index (χ2v) is 5.26. The SMILES string of the molecule is Cc1ccccc1NC1CC(=O)N(c2ccc(F)cc2)C1=O. The molecule has 0 radical (unpaired) electrons. The first kappa shape index (κ1) is 14.3. The van der Waals surface area contributed by atoms with Gasteiger partial charge in [-0.15, -0.1) is 0 Å². The summed E-state index contributed by atoms with van der Waals surface area (Å²) in [6.07, 6.45) is 0.0878. The Bertz CT molecular complexity index is 728. The van der Waals surface area contributed by atoms with Gasteiger partial charge in [0.25, 0.3) is 5.91 Å². The van der Waals surface area contributed by atoms with Crippen LogP contribution in [0.25, 0.3) is 0 Å². The molecule has 0 aromatic heterocycles. The highest BCUT2D eigenvalue weighted by atomic mass is 19.1. The molecule has 1 aliphatic rings. The molecule has 0 bridgehead atoms. The predicted octanol–water partition coefficient (Wildman–Crippen LogP) is 2.88. The molecule has 0 saturated carbocycles. The Labute approximate surface area is 127 Å². The second kappa shape index (κ2) is 5.60. The average Bonchev–Trinajstić information content (AvgIpc) is 2.77. The largest absolute Gasteiger partial charge is 0.373 e. The number of amides is 2. The molecule has 112 valence electrons. The van der Waals surface area contributed by atoms with Gasteiger partial charge in [-0.05, 0) is 42.8 Å². The van der Waals surface area contributed by atoms with E-state index in [0.29, 0.717) is 5.69 Å². The minimum Gasteiger partial charge on any atom is -0.373 e. The van der Waals surface area contributed by atoms with Crippen LogP contribution in [0.1, 0.15) is 12.0 Å². The van der Waals surface area contributed by atoms with E-state index in [4.69, 9.17) is 0 Å². The molecule has 1 aliphatic heterocycles. The van der Waals surface area contributed by atoms with E-state index in [2.05, 4.69) is 5.32 Å². The summed E-state index contributed by atoms with van der Waals surface area (Å²) in [5.41, 5.74) is 2.23. The zero-order valence-electron chi connectivity index (χ0n) is 12.0. The van der Waals surface area contributed by atoms with E-state index in [1.807, 2.05) is 31.2 Å². The number of para-hydroxylation sites is 1. The number of hydrogen-bond donors (Lipinski definition) is 1. The molecule has 1 fully saturated rings. The number of imide groups is 1. The third-order valence-electron chi connectivity index (χ3n) is 3.71. The van der Waals surface area contributed by atoms with E-state index >= 15 is 0 Å². The lowest BCUT2D eigenvalue weighted by Crippen LogP contribution is -2.34. The quantitative estimate of drug-likeness (QED) is 0.886. The minimum absolute atomic E-state index is 0.0878. The molecule has 3 rings (SSSR count). The third kappa shape index (κ3) is 2.57. The molecule has 1 atom stereocenters. The van der Waals surface area contributed by atoms with Crippen LogP contribution in [0.5, 0.6) is 0 Å². The van der Waals surface area contributed by atoms with Crippen LogP contribution in [0.2, 0.25) is 0 Å². The predicted molar refractivity (Wildman–Crippen MR) is 82.1 cm³/mol. The van der Waals surface area contributed by atoms with Crippen molar-refractivity contribution in [2.75, 3.05) is 10.2 Å². The number of nitrogens with one attached hydrogen (secondary N) is 1. The Hall–Kier alpha value is -2.69. The number of carbonyl (C=O) groups excluding carboxylic acids is 2. The van der Waals surface area contributed by atoms with E-state index in [1.165, 1.54) is 24.3 Å². The number of carbonyl (C=O) groups is 2. The Morgan fingerprint density at radius 1 is 1.09 bits per heavy atom. The first-order valence-electron chi connectivity index (χ1n) is 7.01. The summed E-state index contributed by atoms with van der Waals surface area (Å²) in [5, 5.41) is 3.11. The molecule has 4 nitrogen and oxygen atoms in total. The van der Waals surface area contributed by atoms with Gasteiger partial charge in [-0.25, -0.2) is 9.29 Å². The van der Waals surface area contributed by atoms with Crippen LogP contribution in [0.4, 0.5) is 15.8 Å². The molecule has 1 unspecified atom stereocenters. The van der Waals surface area contributed by atoms with Gasteiger partial charge in [0.05, 0.1) is 12.1 Å². The zero-order chi connectivity index (χ0) is 15.7. The highest BCUT2D eigenvalue weighted by Gasteiger charge is 2.39. The highest BCUT2D eigenvalue weighted by molar-refractivity contribution is 6.23. The van der Waals surface area contributed by atoms with E-state index < -0.39 is 11.9 Å². The number of hydrogen-bond acceptors (Lipinski definition) is 3. The maximum atomic E-state index is 13.0. The van der Waals surface area contributed by atoms with Gasteiger partial charge in [-0.3, -0.25) is 9.59 Å². The van der Waals surface area contributed by atoms with Crippen LogP contribution in [0, 0.1) is 12.7 Å². The molecule has 2 aromatic rings. The van der Waals surface area contributed by atoms with Gasteiger partial charge < -0.3 is 5.32 Å². The molecule has 0 spiro atoms. The highest BCUT2D eigenvalue weighted by Crippen LogP contribution is 2.26. The topological polar surface area (TPSA) is 49.4 Å². The lowest BCUT2D eigenvalue weighted by atomic mass is 10.1. The number of aryl methyl sites for hydroxylation is 1. The summed E-state index contributed by atoms with van der Waals surface area (Å²) < 4.78 is 13.0. The average molecular weight is 298 g/mol. The van der Waals surface area contributed by atoms with Crippen molar-refractivity contribution in [2.45, 2.75) is 19.4 Å². The summed E-state index contributed by atoms with van der Waals surface area (Å²) >= 11 is 0. The van der Waals surface area contributed by atoms with Crippen molar-refractivity contribution in [1.82, 2.24) is 0 Å². The standard InChI is InChI=1S/C17H15FN2O2/c1-11-4-2-3-5-14(11)19-15-10-16(21)20(17(15)22)13-8-6-12(18)7-9-13/h2-9,15,19H,10H2,1H3. The number of nitrogens with zero attached hydrogens (tertiary/aromatic N) is 1. The lowest BCUT2D eigenvalue weighted by Gasteiger charge is -2.17. The van der Waals surface area contributed by atoms with Crippen LogP contribution in [-0.4, -0.2) is 17.9 Å². The van der Waals surface area contributed by atoms with Crippen LogP contribution in [-0.2, 0) is 9.59 Å². The van der Waals surface area contributed by atoms with Crippen molar-refractivity contribution in [2.24, 2.45) is 0 Å². The number of anilines is 2. The van der Waals surface area contributed by atoms with Gasteiger partial charge in [0.1, 0.15) is 11.9 Å². The van der Waals surface area contributed by atoms with E-state index in [-0.39, 0.29) is 18.2 Å². The number of benzene rings is 2. The van der Waals surface area contributed by atoms with Gasteiger partial charge in [0, 0.05) is 5.69 Å². The molecule has 2 aromatic carbocycles. The Kier molecular flexibility index (Phi) is 3.63. The number of halogens is 1. The first-order chi connectivity index (χ1) is 10.6. The molecule has 22 heavy (non-hydrogen) atoms. The molecule has 5 heteroatoms. The van der Waals surface area contributed by atoms with Gasteiger partial charge in [0.15, 0.2) is 0 Å². The summed E-state index contributed by atoms with van der Waals surface area (Å²) in [6.45, 7) is 1.93. The van der Waals surface area contributed by atoms with E-state index in [0.717, 1.165) is 16.2 Å². The second-order valence-electron chi connectivity index (χ2n) is 5.26. The normalized spacial score (nSPS) is 17.9. The zero-order valence-corrected chi connectivity index (χ0v) is 12.0. The molecule has 2 amide bonds. The van der Waals surface area contributed by atoms with Crippen LogP contribution >= 0.6 is 0 Å². The number of rotatable bonds is 3. The Morgan fingerprint density at radius 2 is 1.77 bits per heavy atom. The van der Waals surface area contributed by atoms with Gasteiger partial charge in [0.2, 0.25) is 5.91 Å². The fraction of sp³-hybridized carbons (Fsp3) is 0.176. The maximum absolute atomic E-state index is 13.0. The van der Waals surface area contributed by atoms with E-state index in [1.54, 1.807) is 0 Å². The van der Waals surface area contributed by atoms with Gasteiger partial charge in [-0.2, -0.15) is 0 Å². The fourth-order valence-electron chi connectivity index (χ4n) is 2.53. The molecule has 0 aliphatic carbocycles. The lowest BCUT2D eigenvalue weighted by molar-refractivity contribution is -0.121. The molecule has 1 N–H and O–H groups in total. The summed E-state index contributed by atoms with van der Waals surface area (Å²) in [7, 11) is 0. The first-order valence-corrected chi connectivity index (χ1v) is 7.01. The van der Waals surface area contributed by atoms with Crippen molar-refractivity contribution in [3.05, 3.63) is 59.9 Å². The monoisotopic (exact) mass is 298 g/mol.